The van der Waals surface area contributed by atoms with Gasteiger partial charge < -0.3 is 4.52 Å². The van der Waals surface area contributed by atoms with Crippen molar-refractivity contribution >= 4 is 5.91 Å². The molecule has 0 bridgehead atoms. The summed E-state index contributed by atoms with van der Waals surface area (Å²) in [4.78, 5) is 14.7. The van der Waals surface area contributed by atoms with Crippen LogP contribution in [0.3, 0.4) is 0 Å². The molecule has 0 aliphatic rings. The Kier molecular flexibility index (Phi) is 4.64. The van der Waals surface area contributed by atoms with Crippen molar-refractivity contribution in [3.05, 3.63) is 35.5 Å². The van der Waals surface area contributed by atoms with Crippen LogP contribution in [0, 0.1) is 5.82 Å². The Morgan fingerprint density at radius 3 is 2.57 bits per heavy atom. The summed E-state index contributed by atoms with van der Waals surface area (Å²) in [6, 6.07) is 3.54. The molecule has 0 spiro atoms. The first-order valence-corrected chi connectivity index (χ1v) is 6.33. The van der Waals surface area contributed by atoms with Crippen LogP contribution in [0.4, 0.5) is 17.6 Å². The monoisotopic (exact) mass is 332 g/mol. The lowest BCUT2D eigenvalue weighted by atomic mass is 10.1. The highest BCUT2D eigenvalue weighted by atomic mass is 19.4. The number of hydrazine groups is 1. The number of benzene rings is 1. The fourth-order valence-corrected chi connectivity index (χ4v) is 1.75. The number of nitrogens with one attached hydrogen (secondary N) is 1. The molecule has 0 radical (unpaired) electrons. The molecule has 1 heterocycles. The molecule has 0 unspecified atom stereocenters. The second kappa shape index (κ2) is 6.32. The van der Waals surface area contributed by atoms with Crippen molar-refractivity contribution in [3.8, 4) is 11.4 Å². The number of carbonyl (C=O) groups excluding carboxylic acids is 1. The molecule has 0 fully saturated rings. The van der Waals surface area contributed by atoms with Crippen molar-refractivity contribution in [1.29, 1.82) is 0 Å². The normalized spacial score (nSPS) is 11.8. The molecule has 0 saturated carbocycles. The van der Waals surface area contributed by atoms with Crippen molar-refractivity contribution < 1.29 is 26.9 Å². The summed E-state index contributed by atoms with van der Waals surface area (Å²) < 4.78 is 55.2. The van der Waals surface area contributed by atoms with Gasteiger partial charge in [0, 0.05) is 19.7 Å². The highest BCUT2D eigenvalue weighted by Crippen LogP contribution is 2.29. The van der Waals surface area contributed by atoms with E-state index >= 15 is 0 Å². The molecule has 0 saturated heterocycles. The number of amides is 1. The first kappa shape index (κ1) is 16.9. The van der Waals surface area contributed by atoms with Gasteiger partial charge in [0.1, 0.15) is 5.82 Å². The number of nitrogens with zero attached hydrogens (tertiary/aromatic N) is 3. The van der Waals surface area contributed by atoms with Crippen LogP contribution in [0.15, 0.2) is 22.7 Å². The van der Waals surface area contributed by atoms with Gasteiger partial charge in [-0.2, -0.15) is 18.2 Å². The van der Waals surface area contributed by atoms with Crippen LogP contribution >= 0.6 is 0 Å². The minimum absolute atomic E-state index is 0.0125. The highest BCUT2D eigenvalue weighted by molar-refractivity contribution is 5.78. The number of rotatable bonds is 4. The van der Waals surface area contributed by atoms with E-state index in [0.29, 0.717) is 0 Å². The molecule has 23 heavy (non-hydrogen) atoms. The van der Waals surface area contributed by atoms with E-state index in [-0.39, 0.29) is 23.4 Å². The fourth-order valence-electron chi connectivity index (χ4n) is 1.75. The summed E-state index contributed by atoms with van der Waals surface area (Å²) in [6.45, 7) is 0. The summed E-state index contributed by atoms with van der Waals surface area (Å²) in [5.41, 5.74) is 2.55. The van der Waals surface area contributed by atoms with Gasteiger partial charge in [0.25, 0.3) is 0 Å². The zero-order valence-corrected chi connectivity index (χ0v) is 12.1. The van der Waals surface area contributed by atoms with Gasteiger partial charge in [0.15, 0.2) is 0 Å². The van der Waals surface area contributed by atoms with Crippen LogP contribution in [-0.2, 0) is 17.4 Å². The van der Waals surface area contributed by atoms with Crippen LogP contribution in [0.2, 0.25) is 0 Å². The molecular formula is C13H12F4N4O2. The number of halogens is 4. The van der Waals surface area contributed by atoms with Crippen molar-refractivity contribution in [2.45, 2.75) is 12.6 Å². The van der Waals surface area contributed by atoms with Crippen molar-refractivity contribution in [2.75, 3.05) is 14.1 Å². The lowest BCUT2D eigenvalue weighted by Gasteiger charge is -2.12. The van der Waals surface area contributed by atoms with Crippen LogP contribution < -0.4 is 5.43 Å². The molecular weight excluding hydrogens is 320 g/mol. The molecule has 1 aromatic carbocycles. The first-order valence-electron chi connectivity index (χ1n) is 6.33. The zero-order chi connectivity index (χ0) is 17.2. The van der Waals surface area contributed by atoms with Gasteiger partial charge in [0.2, 0.25) is 11.7 Å². The van der Waals surface area contributed by atoms with Crippen molar-refractivity contribution in [2.24, 2.45) is 0 Å². The summed E-state index contributed by atoms with van der Waals surface area (Å²) in [7, 11) is 3.21. The smallest absolute Gasteiger partial charge is 0.329 e. The van der Waals surface area contributed by atoms with Crippen LogP contribution in [0.25, 0.3) is 11.4 Å². The Labute approximate surface area is 128 Å². The molecule has 2 aromatic rings. The second-order valence-corrected chi connectivity index (χ2v) is 4.83. The maximum atomic E-state index is 14.0. The van der Waals surface area contributed by atoms with Gasteiger partial charge in [-0.1, -0.05) is 17.3 Å². The van der Waals surface area contributed by atoms with E-state index in [1.54, 1.807) is 14.1 Å². The molecule has 0 aliphatic carbocycles. The molecule has 0 atom stereocenters. The second-order valence-electron chi connectivity index (χ2n) is 4.83. The minimum Gasteiger partial charge on any atom is -0.329 e. The molecule has 1 N–H and O–H groups in total. The van der Waals surface area contributed by atoms with Crippen LogP contribution in [0.1, 0.15) is 11.5 Å². The van der Waals surface area contributed by atoms with Gasteiger partial charge in [-0.25, -0.2) is 9.40 Å². The van der Waals surface area contributed by atoms with Gasteiger partial charge in [-0.05, 0) is 11.6 Å². The topological polar surface area (TPSA) is 71.3 Å². The van der Waals surface area contributed by atoms with E-state index < -0.39 is 23.8 Å². The van der Waals surface area contributed by atoms with E-state index in [1.807, 2.05) is 0 Å². The summed E-state index contributed by atoms with van der Waals surface area (Å²) in [6.07, 6.45) is -4.99. The lowest BCUT2D eigenvalue weighted by molar-refractivity contribution is -0.159. The summed E-state index contributed by atoms with van der Waals surface area (Å²) in [5.74, 6) is -3.09. The van der Waals surface area contributed by atoms with Gasteiger partial charge in [-0.15, -0.1) is 0 Å². The molecule has 1 aromatic heterocycles. The van der Waals surface area contributed by atoms with E-state index in [4.69, 9.17) is 0 Å². The highest BCUT2D eigenvalue weighted by Gasteiger charge is 2.38. The third kappa shape index (κ3) is 4.25. The Bertz CT molecular complexity index is 712. The van der Waals surface area contributed by atoms with Gasteiger partial charge >= 0.3 is 12.1 Å². The van der Waals surface area contributed by atoms with E-state index in [9.17, 15) is 22.4 Å². The SMILES string of the molecule is CN(C)NC(=O)Cc1ccc(-c2noc(C(F)(F)F)n2)cc1F. The Hall–Kier alpha value is -2.49. The van der Waals surface area contributed by atoms with Crippen LogP contribution in [0.5, 0.6) is 0 Å². The molecule has 2 rings (SSSR count). The third-order valence-corrected chi connectivity index (χ3v) is 2.68. The van der Waals surface area contributed by atoms with E-state index in [1.165, 1.54) is 17.1 Å². The van der Waals surface area contributed by atoms with Gasteiger partial charge in [-0.3, -0.25) is 10.2 Å². The Morgan fingerprint density at radius 1 is 1.35 bits per heavy atom. The zero-order valence-electron chi connectivity index (χ0n) is 12.1. The number of hydrogen-bond acceptors (Lipinski definition) is 5. The molecule has 6 nitrogen and oxygen atoms in total. The number of aromatic nitrogens is 2. The fraction of sp³-hybridized carbons (Fsp3) is 0.308. The number of carbonyl (C=O) groups is 1. The average Bonchev–Trinajstić information content (AvgIpc) is 2.89. The van der Waals surface area contributed by atoms with Crippen molar-refractivity contribution in [1.82, 2.24) is 20.6 Å². The van der Waals surface area contributed by atoms with Crippen molar-refractivity contribution in [3.63, 3.8) is 0 Å². The number of alkyl halides is 3. The number of hydrogen-bond donors (Lipinski definition) is 1. The summed E-state index contributed by atoms with van der Waals surface area (Å²) in [5, 5.41) is 4.57. The Balaban J connectivity index is 2.19. The molecule has 0 aliphatic heterocycles. The lowest BCUT2D eigenvalue weighted by Crippen LogP contribution is -2.37. The maximum absolute atomic E-state index is 14.0. The van der Waals surface area contributed by atoms with Gasteiger partial charge in [0.05, 0.1) is 6.42 Å². The largest absolute Gasteiger partial charge is 0.471 e. The third-order valence-electron chi connectivity index (χ3n) is 2.68. The average molecular weight is 332 g/mol. The van der Waals surface area contributed by atoms with E-state index in [0.717, 1.165) is 6.07 Å². The predicted octanol–water partition coefficient (Wildman–Crippen LogP) is 2.03. The van der Waals surface area contributed by atoms with Crippen LogP contribution in [-0.4, -0.2) is 35.2 Å². The maximum Gasteiger partial charge on any atom is 0.471 e. The summed E-state index contributed by atoms with van der Waals surface area (Å²) >= 11 is 0. The molecule has 124 valence electrons. The predicted molar refractivity (Wildman–Crippen MR) is 70.2 cm³/mol. The minimum atomic E-state index is -4.77. The standard InChI is InChI=1S/C13H12F4N4O2/c1-21(2)19-10(22)6-7-3-4-8(5-9(7)14)11-18-12(23-20-11)13(15,16)17/h3-5H,6H2,1-2H3,(H,19,22). The Morgan fingerprint density at radius 2 is 2.04 bits per heavy atom. The van der Waals surface area contributed by atoms with E-state index in [2.05, 4.69) is 20.1 Å². The first-order chi connectivity index (χ1) is 10.7. The molecule has 10 heteroatoms. The molecule has 1 amide bonds. The quantitative estimate of drug-likeness (QED) is 0.685.